The zero-order valence-corrected chi connectivity index (χ0v) is 11.9. The van der Waals surface area contributed by atoms with Crippen LogP contribution in [0.25, 0.3) is 0 Å². The first-order valence-electron chi connectivity index (χ1n) is 6.73. The number of nitrogens with zero attached hydrogens (tertiary/aromatic N) is 1. The molecule has 0 bridgehead atoms. The second-order valence-electron chi connectivity index (χ2n) is 4.79. The molecular formula is C15H25NO2. The number of hydrogen-bond donors (Lipinski definition) is 1. The molecule has 0 fully saturated rings. The first-order chi connectivity index (χ1) is 8.58. The molecule has 0 aliphatic rings. The predicted octanol–water partition coefficient (Wildman–Crippen LogP) is 3.41. The lowest BCUT2D eigenvalue weighted by atomic mass is 10.1. The van der Waals surface area contributed by atoms with Crippen molar-refractivity contribution in [3.8, 4) is 11.5 Å². The summed E-state index contributed by atoms with van der Waals surface area (Å²) in [4.78, 5) is 2.33. The maximum Gasteiger partial charge on any atom is 0.161 e. The van der Waals surface area contributed by atoms with Crippen molar-refractivity contribution in [3.63, 3.8) is 0 Å². The molecule has 18 heavy (non-hydrogen) atoms. The van der Waals surface area contributed by atoms with E-state index in [1.807, 2.05) is 19.1 Å². The lowest BCUT2D eigenvalue weighted by Gasteiger charge is -2.24. The van der Waals surface area contributed by atoms with Crippen molar-refractivity contribution in [2.75, 3.05) is 13.7 Å². The predicted molar refractivity (Wildman–Crippen MR) is 75.1 cm³/mol. The molecule has 0 saturated carbocycles. The number of aromatic hydroxyl groups is 1. The highest BCUT2D eigenvalue weighted by atomic mass is 16.5. The van der Waals surface area contributed by atoms with Crippen LogP contribution in [0.4, 0.5) is 0 Å². The van der Waals surface area contributed by atoms with Gasteiger partial charge in [-0.05, 0) is 45.0 Å². The summed E-state index contributed by atoms with van der Waals surface area (Å²) < 4.78 is 5.40. The third kappa shape index (κ3) is 4.22. The Bertz CT molecular complexity index is 366. The van der Waals surface area contributed by atoms with Crippen LogP contribution in [0.1, 0.15) is 39.2 Å². The normalized spacial score (nSPS) is 12.7. The summed E-state index contributed by atoms with van der Waals surface area (Å²) in [5.41, 5.74) is 1.17. The number of phenolic OH excluding ortho intramolecular Hbond substituents is 1. The minimum atomic E-state index is 0.213. The zero-order valence-electron chi connectivity index (χ0n) is 11.9. The Morgan fingerprint density at radius 3 is 2.67 bits per heavy atom. The van der Waals surface area contributed by atoms with Gasteiger partial charge in [-0.25, -0.2) is 0 Å². The van der Waals surface area contributed by atoms with E-state index in [2.05, 4.69) is 25.8 Å². The Hall–Kier alpha value is -1.22. The molecule has 0 aromatic heterocycles. The van der Waals surface area contributed by atoms with E-state index in [4.69, 9.17) is 4.74 Å². The molecule has 1 aromatic carbocycles. The quantitative estimate of drug-likeness (QED) is 0.806. The van der Waals surface area contributed by atoms with Gasteiger partial charge in [0.1, 0.15) is 0 Å². The maximum absolute atomic E-state index is 9.65. The largest absolute Gasteiger partial charge is 0.504 e. The van der Waals surface area contributed by atoms with Crippen LogP contribution in [-0.2, 0) is 6.54 Å². The fraction of sp³-hybridized carbons (Fsp3) is 0.600. The summed E-state index contributed by atoms with van der Waals surface area (Å²) in [6, 6.07) is 6.15. The molecule has 1 atom stereocenters. The molecule has 0 heterocycles. The third-order valence-electron chi connectivity index (χ3n) is 3.21. The summed E-state index contributed by atoms with van der Waals surface area (Å²) >= 11 is 0. The fourth-order valence-electron chi connectivity index (χ4n) is 2.01. The molecule has 0 saturated heterocycles. The van der Waals surface area contributed by atoms with Crippen molar-refractivity contribution in [2.45, 2.75) is 46.2 Å². The van der Waals surface area contributed by atoms with E-state index in [0.29, 0.717) is 18.4 Å². The number of benzene rings is 1. The molecule has 0 spiro atoms. The molecule has 1 N–H and O–H groups in total. The van der Waals surface area contributed by atoms with Crippen LogP contribution in [0.3, 0.4) is 0 Å². The van der Waals surface area contributed by atoms with Gasteiger partial charge < -0.3 is 9.84 Å². The van der Waals surface area contributed by atoms with Crippen molar-refractivity contribution in [1.29, 1.82) is 0 Å². The lowest BCUT2D eigenvalue weighted by molar-refractivity contribution is 0.236. The van der Waals surface area contributed by atoms with Crippen LogP contribution < -0.4 is 4.74 Å². The van der Waals surface area contributed by atoms with Crippen molar-refractivity contribution >= 4 is 0 Å². The highest BCUT2D eigenvalue weighted by Crippen LogP contribution is 2.27. The molecule has 3 nitrogen and oxygen atoms in total. The average molecular weight is 251 g/mol. The van der Waals surface area contributed by atoms with Gasteiger partial charge in [0.25, 0.3) is 0 Å². The van der Waals surface area contributed by atoms with Gasteiger partial charge in [-0.2, -0.15) is 0 Å². The van der Waals surface area contributed by atoms with Crippen molar-refractivity contribution < 1.29 is 9.84 Å². The summed E-state index contributed by atoms with van der Waals surface area (Å²) in [6.07, 6.45) is 2.40. The highest BCUT2D eigenvalue weighted by molar-refractivity contribution is 5.41. The number of hydrogen-bond acceptors (Lipinski definition) is 3. The van der Waals surface area contributed by atoms with Crippen LogP contribution >= 0.6 is 0 Å². The third-order valence-corrected chi connectivity index (χ3v) is 3.21. The highest BCUT2D eigenvalue weighted by Gasteiger charge is 2.10. The molecular weight excluding hydrogens is 226 g/mol. The van der Waals surface area contributed by atoms with E-state index in [0.717, 1.165) is 6.54 Å². The van der Waals surface area contributed by atoms with E-state index in [9.17, 15) is 5.11 Å². The monoisotopic (exact) mass is 251 g/mol. The average Bonchev–Trinajstić information content (AvgIpc) is 2.34. The van der Waals surface area contributed by atoms with Crippen LogP contribution in [0.2, 0.25) is 0 Å². The molecule has 0 aliphatic carbocycles. The number of phenols is 1. The minimum absolute atomic E-state index is 0.213. The van der Waals surface area contributed by atoms with E-state index >= 15 is 0 Å². The Morgan fingerprint density at radius 1 is 1.33 bits per heavy atom. The van der Waals surface area contributed by atoms with Gasteiger partial charge in [-0.3, -0.25) is 4.90 Å². The van der Waals surface area contributed by atoms with Crippen LogP contribution in [0, 0.1) is 0 Å². The lowest BCUT2D eigenvalue weighted by Crippen LogP contribution is -2.28. The van der Waals surface area contributed by atoms with Crippen LogP contribution in [0.5, 0.6) is 11.5 Å². The van der Waals surface area contributed by atoms with Crippen LogP contribution in [-0.4, -0.2) is 29.7 Å². The van der Waals surface area contributed by atoms with E-state index in [1.165, 1.54) is 18.4 Å². The standard InChI is InChI=1S/C15H25NO2/c1-5-7-12(3)16(4)11-13-8-9-14(17)15(10-13)18-6-2/h8-10,12,17H,5-7,11H2,1-4H3. The van der Waals surface area contributed by atoms with Crippen molar-refractivity contribution in [2.24, 2.45) is 0 Å². The molecule has 0 radical (unpaired) electrons. The summed E-state index contributed by atoms with van der Waals surface area (Å²) in [6.45, 7) is 7.81. The molecule has 1 aromatic rings. The molecule has 102 valence electrons. The van der Waals surface area contributed by atoms with Gasteiger partial charge in [-0.15, -0.1) is 0 Å². The molecule has 1 unspecified atom stereocenters. The Labute approximate surface area is 110 Å². The molecule has 3 heteroatoms. The summed E-state index contributed by atoms with van der Waals surface area (Å²) in [5, 5.41) is 9.65. The summed E-state index contributed by atoms with van der Waals surface area (Å²) in [7, 11) is 2.13. The van der Waals surface area contributed by atoms with Gasteiger partial charge in [0.05, 0.1) is 6.61 Å². The molecule has 0 amide bonds. The first-order valence-corrected chi connectivity index (χ1v) is 6.73. The van der Waals surface area contributed by atoms with Gasteiger partial charge in [0.2, 0.25) is 0 Å². The SMILES string of the molecule is CCCC(C)N(C)Cc1ccc(O)c(OCC)c1. The van der Waals surface area contributed by atoms with Crippen LogP contribution in [0.15, 0.2) is 18.2 Å². The topological polar surface area (TPSA) is 32.7 Å². The van der Waals surface area contributed by atoms with Gasteiger partial charge >= 0.3 is 0 Å². The zero-order chi connectivity index (χ0) is 13.5. The molecule has 1 rings (SSSR count). The van der Waals surface area contributed by atoms with Gasteiger partial charge in [-0.1, -0.05) is 19.4 Å². The Morgan fingerprint density at radius 2 is 2.06 bits per heavy atom. The van der Waals surface area contributed by atoms with Gasteiger partial charge in [0.15, 0.2) is 11.5 Å². The van der Waals surface area contributed by atoms with E-state index in [1.54, 1.807) is 6.07 Å². The Kier molecular flexibility index (Phi) is 5.99. The second-order valence-corrected chi connectivity index (χ2v) is 4.79. The van der Waals surface area contributed by atoms with Crippen molar-refractivity contribution in [1.82, 2.24) is 4.90 Å². The van der Waals surface area contributed by atoms with Gasteiger partial charge in [0, 0.05) is 12.6 Å². The number of ether oxygens (including phenoxy) is 1. The second kappa shape index (κ2) is 7.27. The Balaban J connectivity index is 2.69. The van der Waals surface area contributed by atoms with E-state index in [-0.39, 0.29) is 5.75 Å². The maximum atomic E-state index is 9.65. The smallest absolute Gasteiger partial charge is 0.161 e. The first kappa shape index (κ1) is 14.8. The fourth-order valence-corrected chi connectivity index (χ4v) is 2.01. The van der Waals surface area contributed by atoms with E-state index < -0.39 is 0 Å². The summed E-state index contributed by atoms with van der Waals surface area (Å²) in [5.74, 6) is 0.788. The minimum Gasteiger partial charge on any atom is -0.504 e. The molecule has 0 aliphatic heterocycles. The number of rotatable bonds is 7. The van der Waals surface area contributed by atoms with Crippen molar-refractivity contribution in [3.05, 3.63) is 23.8 Å².